The van der Waals surface area contributed by atoms with Crippen molar-refractivity contribution in [2.24, 2.45) is 5.92 Å². The quantitative estimate of drug-likeness (QED) is 0.611. The number of anilines is 1. The zero-order chi connectivity index (χ0) is 18.4. The van der Waals surface area contributed by atoms with Gasteiger partial charge < -0.3 is 11.1 Å². The summed E-state index contributed by atoms with van der Waals surface area (Å²) in [6.45, 7) is 0.743. The summed E-state index contributed by atoms with van der Waals surface area (Å²) in [5, 5.41) is 3.02. The van der Waals surface area contributed by atoms with Crippen LogP contribution in [0.2, 0.25) is 0 Å². The highest BCUT2D eigenvalue weighted by atomic mass is 16.1. The van der Waals surface area contributed by atoms with Gasteiger partial charge in [0.1, 0.15) is 0 Å². The number of hydrogen-bond donors (Lipinski definition) is 2. The zero-order valence-corrected chi connectivity index (χ0v) is 15.0. The molecule has 3 rings (SSSR count). The molecule has 1 aliphatic carbocycles. The van der Waals surface area contributed by atoms with Crippen molar-refractivity contribution in [1.82, 2.24) is 5.32 Å². The van der Waals surface area contributed by atoms with Crippen molar-refractivity contribution in [2.75, 3.05) is 12.3 Å². The second kappa shape index (κ2) is 8.65. The number of benzene rings is 2. The van der Waals surface area contributed by atoms with Crippen LogP contribution < -0.4 is 11.1 Å². The average Bonchev–Trinajstić information content (AvgIpc) is 2.69. The summed E-state index contributed by atoms with van der Waals surface area (Å²) in [4.78, 5) is 24.7. The molecule has 1 fully saturated rings. The molecule has 4 nitrogen and oxygen atoms in total. The summed E-state index contributed by atoms with van der Waals surface area (Å²) >= 11 is 0. The molecule has 0 heterocycles. The minimum atomic E-state index is -0.0677. The van der Waals surface area contributed by atoms with Crippen LogP contribution in [0.15, 0.2) is 48.5 Å². The Hall–Kier alpha value is -2.62. The number of nitrogen functional groups attached to an aromatic ring is 1. The van der Waals surface area contributed by atoms with Crippen molar-refractivity contribution in [2.45, 2.75) is 38.5 Å². The van der Waals surface area contributed by atoms with Gasteiger partial charge in [0, 0.05) is 29.8 Å². The third-order valence-corrected chi connectivity index (χ3v) is 5.15. The van der Waals surface area contributed by atoms with E-state index in [0.29, 0.717) is 22.7 Å². The molecular weight excluding hydrogens is 324 g/mol. The summed E-state index contributed by atoms with van der Waals surface area (Å²) in [6.07, 6.45) is 6.52. The maximum atomic E-state index is 12.4. The lowest BCUT2D eigenvalue weighted by Crippen LogP contribution is -2.30. The lowest BCUT2D eigenvalue weighted by molar-refractivity contribution is 0.0941. The fourth-order valence-electron chi connectivity index (χ4n) is 3.51. The van der Waals surface area contributed by atoms with Crippen LogP contribution in [0.3, 0.4) is 0 Å². The largest absolute Gasteiger partial charge is 0.398 e. The van der Waals surface area contributed by atoms with Crippen molar-refractivity contribution in [3.8, 4) is 0 Å². The highest BCUT2D eigenvalue weighted by molar-refractivity contribution is 6.00. The van der Waals surface area contributed by atoms with Crippen molar-refractivity contribution in [1.29, 1.82) is 0 Å². The Bertz CT molecular complexity index is 762. The summed E-state index contributed by atoms with van der Waals surface area (Å²) in [6, 6.07) is 14.3. The molecule has 26 heavy (non-hydrogen) atoms. The van der Waals surface area contributed by atoms with Crippen LogP contribution in [0, 0.1) is 5.92 Å². The van der Waals surface area contributed by atoms with E-state index < -0.39 is 0 Å². The molecular formula is C22H26N2O2. The summed E-state index contributed by atoms with van der Waals surface area (Å²) < 4.78 is 0. The number of hydrogen-bond acceptors (Lipinski definition) is 3. The van der Waals surface area contributed by atoms with E-state index in [2.05, 4.69) is 5.32 Å². The first-order valence-corrected chi connectivity index (χ1v) is 9.38. The third-order valence-electron chi connectivity index (χ3n) is 5.15. The van der Waals surface area contributed by atoms with Gasteiger partial charge >= 0.3 is 0 Å². The molecule has 0 unspecified atom stereocenters. The number of carbonyl (C=O) groups is 2. The van der Waals surface area contributed by atoms with E-state index in [1.807, 2.05) is 18.2 Å². The molecule has 0 spiro atoms. The summed E-state index contributed by atoms with van der Waals surface area (Å²) in [5.74, 6) is 0.531. The molecule has 0 atom stereocenters. The molecule has 0 radical (unpaired) electrons. The molecule has 136 valence electrons. The van der Waals surface area contributed by atoms with Crippen LogP contribution in [-0.2, 0) is 6.42 Å². The minimum Gasteiger partial charge on any atom is -0.398 e. The Kier molecular flexibility index (Phi) is 6.05. The van der Waals surface area contributed by atoms with E-state index in [1.54, 1.807) is 30.3 Å². The molecule has 1 aliphatic rings. The van der Waals surface area contributed by atoms with Gasteiger partial charge in [-0.05, 0) is 42.5 Å². The maximum absolute atomic E-state index is 12.4. The van der Waals surface area contributed by atoms with Crippen molar-refractivity contribution in [3.63, 3.8) is 0 Å². The monoisotopic (exact) mass is 350 g/mol. The second-order valence-electron chi connectivity index (χ2n) is 7.09. The van der Waals surface area contributed by atoms with Gasteiger partial charge in [-0.15, -0.1) is 0 Å². The summed E-state index contributed by atoms with van der Waals surface area (Å²) in [5.41, 5.74) is 8.54. The van der Waals surface area contributed by atoms with Crippen LogP contribution in [0.4, 0.5) is 5.69 Å². The van der Waals surface area contributed by atoms with E-state index in [9.17, 15) is 9.59 Å². The van der Waals surface area contributed by atoms with Gasteiger partial charge in [-0.3, -0.25) is 9.59 Å². The van der Waals surface area contributed by atoms with Crippen LogP contribution in [0.1, 0.15) is 58.4 Å². The highest BCUT2D eigenvalue weighted by Crippen LogP contribution is 2.23. The first-order valence-electron chi connectivity index (χ1n) is 9.38. The molecule has 1 amide bonds. The van der Waals surface area contributed by atoms with Gasteiger partial charge in [0.2, 0.25) is 0 Å². The number of carbonyl (C=O) groups excluding carboxylic acids is 2. The Morgan fingerprint density at radius 2 is 1.58 bits per heavy atom. The number of nitrogens with two attached hydrogens (primary N) is 1. The number of amides is 1. The SMILES string of the molecule is Nc1ccccc1CC(=O)c1ccc(C(=O)NCC2CCCCC2)cc1. The second-order valence-corrected chi connectivity index (χ2v) is 7.09. The van der Waals surface area contributed by atoms with Crippen LogP contribution in [-0.4, -0.2) is 18.2 Å². The lowest BCUT2D eigenvalue weighted by atomic mass is 9.89. The predicted octanol–water partition coefficient (Wildman–Crippen LogP) is 4.00. The topological polar surface area (TPSA) is 72.2 Å². The molecule has 2 aromatic rings. The third kappa shape index (κ3) is 4.72. The molecule has 1 saturated carbocycles. The minimum absolute atomic E-state index is 0.00272. The van der Waals surface area contributed by atoms with Gasteiger partial charge in [0.05, 0.1) is 0 Å². The Morgan fingerprint density at radius 1 is 0.923 bits per heavy atom. The first kappa shape index (κ1) is 18.2. The summed E-state index contributed by atoms with van der Waals surface area (Å²) in [7, 11) is 0. The molecule has 2 aromatic carbocycles. The molecule has 0 aromatic heterocycles. The highest BCUT2D eigenvalue weighted by Gasteiger charge is 2.15. The first-order chi connectivity index (χ1) is 12.6. The van der Waals surface area contributed by atoms with E-state index in [1.165, 1.54) is 32.1 Å². The van der Waals surface area contributed by atoms with Crippen molar-refractivity contribution >= 4 is 17.4 Å². The molecule has 3 N–H and O–H groups in total. The molecule has 0 bridgehead atoms. The number of nitrogens with one attached hydrogen (secondary N) is 1. The van der Waals surface area contributed by atoms with E-state index >= 15 is 0 Å². The predicted molar refractivity (Wildman–Crippen MR) is 104 cm³/mol. The Labute approximate surface area is 154 Å². The zero-order valence-electron chi connectivity index (χ0n) is 15.0. The van der Waals surface area contributed by atoms with Crippen molar-refractivity contribution < 1.29 is 9.59 Å². The number of para-hydroxylation sites is 1. The molecule has 0 saturated heterocycles. The standard InChI is InChI=1S/C22H26N2O2/c23-20-9-5-4-8-19(20)14-21(25)17-10-12-18(13-11-17)22(26)24-15-16-6-2-1-3-7-16/h4-5,8-13,16H,1-3,6-7,14-15,23H2,(H,24,26). The van der Waals surface area contributed by atoms with E-state index in [4.69, 9.17) is 5.73 Å². The fraction of sp³-hybridized carbons (Fsp3) is 0.364. The number of Topliss-reactive ketones (excluding diaryl/α,β-unsaturated/α-hetero) is 1. The van der Waals surface area contributed by atoms with Gasteiger partial charge in [0.15, 0.2) is 5.78 Å². The van der Waals surface area contributed by atoms with Gasteiger partial charge in [-0.2, -0.15) is 0 Å². The van der Waals surface area contributed by atoms with Crippen LogP contribution >= 0.6 is 0 Å². The smallest absolute Gasteiger partial charge is 0.251 e. The molecule has 0 aliphatic heterocycles. The van der Waals surface area contributed by atoms with Crippen molar-refractivity contribution in [3.05, 3.63) is 65.2 Å². The number of ketones is 1. The number of rotatable bonds is 6. The lowest BCUT2D eigenvalue weighted by Gasteiger charge is -2.21. The van der Waals surface area contributed by atoms with Crippen LogP contribution in [0.5, 0.6) is 0 Å². The van der Waals surface area contributed by atoms with Gasteiger partial charge in [-0.25, -0.2) is 0 Å². The molecule has 4 heteroatoms. The normalized spacial score (nSPS) is 14.8. The van der Waals surface area contributed by atoms with E-state index in [-0.39, 0.29) is 18.1 Å². The fourth-order valence-corrected chi connectivity index (χ4v) is 3.51. The van der Waals surface area contributed by atoms with Gasteiger partial charge in [0.25, 0.3) is 5.91 Å². The van der Waals surface area contributed by atoms with Crippen LogP contribution in [0.25, 0.3) is 0 Å². The average molecular weight is 350 g/mol. The Morgan fingerprint density at radius 3 is 2.27 bits per heavy atom. The van der Waals surface area contributed by atoms with E-state index in [0.717, 1.165) is 12.1 Å². The Balaban J connectivity index is 1.56. The van der Waals surface area contributed by atoms with Gasteiger partial charge in [-0.1, -0.05) is 49.6 Å². The maximum Gasteiger partial charge on any atom is 0.251 e.